The van der Waals surface area contributed by atoms with Crippen molar-refractivity contribution in [3.63, 3.8) is 0 Å². The van der Waals surface area contributed by atoms with Crippen LogP contribution in [0.2, 0.25) is 0 Å². The number of hydrogen-bond acceptors (Lipinski definition) is 5. The summed E-state index contributed by atoms with van der Waals surface area (Å²) in [7, 11) is 0. The monoisotopic (exact) mass is 364 g/mol. The topological polar surface area (TPSA) is 87.8 Å². The highest BCUT2D eigenvalue weighted by Crippen LogP contribution is 2.20. The van der Waals surface area contributed by atoms with Crippen molar-refractivity contribution in [2.75, 3.05) is 18.0 Å². The lowest BCUT2D eigenvalue weighted by atomic mass is 10.1. The number of allylic oxidation sites excluding steroid dienone is 1. The number of rotatable bonds is 6. The van der Waals surface area contributed by atoms with Gasteiger partial charge in [0.2, 0.25) is 0 Å². The van der Waals surface area contributed by atoms with E-state index in [9.17, 15) is 14.9 Å². The van der Waals surface area contributed by atoms with Gasteiger partial charge >= 0.3 is 0 Å². The minimum absolute atomic E-state index is 0.0178. The summed E-state index contributed by atoms with van der Waals surface area (Å²) in [5.74, 6) is -0.307. The second-order valence-electron chi connectivity index (χ2n) is 6.14. The number of benzene rings is 2. The molecule has 0 aliphatic carbocycles. The third-order valence-corrected chi connectivity index (χ3v) is 4.34. The lowest BCUT2D eigenvalue weighted by Gasteiger charge is -2.17. The van der Waals surface area contributed by atoms with E-state index in [0.717, 1.165) is 18.8 Å². The summed E-state index contributed by atoms with van der Waals surface area (Å²) in [6.45, 7) is 2.11. The van der Waals surface area contributed by atoms with Crippen molar-refractivity contribution in [2.24, 2.45) is 5.10 Å². The van der Waals surface area contributed by atoms with Crippen molar-refractivity contribution < 1.29 is 9.72 Å². The molecule has 0 saturated carbocycles. The van der Waals surface area contributed by atoms with Crippen molar-refractivity contribution in [3.05, 3.63) is 75.8 Å². The summed E-state index contributed by atoms with van der Waals surface area (Å²) in [6.07, 6.45) is 6.90. The molecule has 1 amide bonds. The lowest BCUT2D eigenvalue weighted by molar-refractivity contribution is -0.385. The van der Waals surface area contributed by atoms with Gasteiger partial charge in [-0.2, -0.15) is 5.10 Å². The summed E-state index contributed by atoms with van der Waals surface area (Å²) in [5.41, 5.74) is 4.58. The first-order chi connectivity index (χ1) is 13.1. The summed E-state index contributed by atoms with van der Waals surface area (Å²) < 4.78 is 0. The molecule has 0 radical (unpaired) electrons. The Hall–Kier alpha value is -3.48. The second kappa shape index (κ2) is 8.75. The fourth-order valence-corrected chi connectivity index (χ4v) is 2.94. The number of hydrogen-bond donors (Lipinski definition) is 1. The number of nitrogens with zero attached hydrogens (tertiary/aromatic N) is 3. The average Bonchev–Trinajstić information content (AvgIpc) is 3.23. The standard InChI is InChI=1S/C20H20N4O3/c25-20(17-9-11-18(12-10-17)23-14-3-4-15-23)22-21-13-5-7-16-6-1-2-8-19(16)24(26)27/h1-2,5-13H,3-4,14-15H2,(H,22,25)/b7-5+,21-13-. The van der Waals surface area contributed by atoms with Crippen LogP contribution in [0.3, 0.4) is 0 Å². The Kier molecular flexibility index (Phi) is 5.94. The summed E-state index contributed by atoms with van der Waals surface area (Å²) in [6, 6.07) is 13.9. The van der Waals surface area contributed by atoms with E-state index >= 15 is 0 Å². The van der Waals surface area contributed by atoms with Crippen LogP contribution < -0.4 is 10.3 Å². The van der Waals surface area contributed by atoms with Gasteiger partial charge in [0, 0.05) is 36.6 Å². The number of carbonyl (C=O) groups excluding carboxylic acids is 1. The van der Waals surface area contributed by atoms with E-state index in [1.807, 2.05) is 12.1 Å². The zero-order chi connectivity index (χ0) is 19.1. The number of amides is 1. The van der Waals surface area contributed by atoms with Crippen molar-refractivity contribution >= 4 is 29.6 Å². The predicted octanol–water partition coefficient (Wildman–Crippen LogP) is 3.62. The highest BCUT2D eigenvalue weighted by atomic mass is 16.6. The van der Waals surface area contributed by atoms with Crippen LogP contribution in [-0.4, -0.2) is 30.1 Å². The van der Waals surface area contributed by atoms with E-state index in [-0.39, 0.29) is 11.6 Å². The van der Waals surface area contributed by atoms with Gasteiger partial charge in [-0.15, -0.1) is 0 Å². The number of nitrogens with one attached hydrogen (secondary N) is 1. The molecule has 0 spiro atoms. The van der Waals surface area contributed by atoms with E-state index in [1.54, 1.807) is 42.5 Å². The first-order valence-electron chi connectivity index (χ1n) is 8.73. The van der Waals surface area contributed by atoms with Crippen LogP contribution in [0.15, 0.2) is 59.7 Å². The minimum Gasteiger partial charge on any atom is -0.372 e. The zero-order valence-corrected chi connectivity index (χ0v) is 14.7. The summed E-state index contributed by atoms with van der Waals surface area (Å²) >= 11 is 0. The molecule has 27 heavy (non-hydrogen) atoms. The molecule has 1 heterocycles. The van der Waals surface area contributed by atoms with Crippen LogP contribution in [-0.2, 0) is 0 Å². The van der Waals surface area contributed by atoms with Gasteiger partial charge < -0.3 is 4.90 Å². The highest BCUT2D eigenvalue weighted by Gasteiger charge is 2.13. The SMILES string of the molecule is O=C(N/N=C\C=C\c1ccccc1[N+](=O)[O-])c1ccc(N2CCCC2)cc1. The van der Waals surface area contributed by atoms with Gasteiger partial charge in [-0.1, -0.05) is 12.1 Å². The molecule has 2 aromatic carbocycles. The number of para-hydroxylation sites is 1. The Morgan fingerprint density at radius 1 is 1.11 bits per heavy atom. The molecule has 0 atom stereocenters. The Morgan fingerprint density at radius 3 is 2.52 bits per heavy atom. The largest absolute Gasteiger partial charge is 0.372 e. The number of carbonyl (C=O) groups is 1. The fraction of sp³-hybridized carbons (Fsp3) is 0.200. The van der Waals surface area contributed by atoms with Gasteiger partial charge in [-0.25, -0.2) is 5.43 Å². The van der Waals surface area contributed by atoms with E-state index in [0.29, 0.717) is 11.1 Å². The molecule has 0 unspecified atom stereocenters. The maximum absolute atomic E-state index is 12.1. The lowest BCUT2D eigenvalue weighted by Crippen LogP contribution is -2.19. The number of anilines is 1. The van der Waals surface area contributed by atoms with Crippen LogP contribution in [0.4, 0.5) is 11.4 Å². The average molecular weight is 364 g/mol. The summed E-state index contributed by atoms with van der Waals surface area (Å²) in [4.78, 5) is 24.9. The molecular formula is C20H20N4O3. The number of nitro benzene ring substituents is 1. The molecule has 7 heteroatoms. The number of nitro groups is 1. The molecule has 138 valence electrons. The molecule has 1 aliphatic heterocycles. The van der Waals surface area contributed by atoms with Crippen molar-refractivity contribution in [3.8, 4) is 0 Å². The van der Waals surface area contributed by atoms with E-state index < -0.39 is 4.92 Å². The van der Waals surface area contributed by atoms with Gasteiger partial charge in [0.05, 0.1) is 10.5 Å². The third kappa shape index (κ3) is 4.78. The Bertz CT molecular complexity index is 869. The Morgan fingerprint density at radius 2 is 1.81 bits per heavy atom. The molecule has 1 N–H and O–H groups in total. The predicted molar refractivity (Wildman–Crippen MR) is 106 cm³/mol. The first-order valence-corrected chi connectivity index (χ1v) is 8.73. The van der Waals surface area contributed by atoms with Crippen LogP contribution in [0.25, 0.3) is 6.08 Å². The smallest absolute Gasteiger partial charge is 0.276 e. The normalized spacial score (nSPS) is 14.1. The van der Waals surface area contributed by atoms with Gasteiger partial charge in [0.25, 0.3) is 11.6 Å². The van der Waals surface area contributed by atoms with Crippen molar-refractivity contribution in [1.29, 1.82) is 0 Å². The molecule has 1 saturated heterocycles. The maximum atomic E-state index is 12.1. The van der Waals surface area contributed by atoms with Crippen LogP contribution >= 0.6 is 0 Å². The molecule has 7 nitrogen and oxygen atoms in total. The van der Waals surface area contributed by atoms with Gasteiger partial charge in [-0.3, -0.25) is 14.9 Å². The van der Waals surface area contributed by atoms with Crippen molar-refractivity contribution in [2.45, 2.75) is 12.8 Å². The Labute approximate surface area is 157 Å². The first kappa shape index (κ1) is 18.3. The quantitative estimate of drug-likeness (QED) is 0.482. The molecular weight excluding hydrogens is 344 g/mol. The van der Waals surface area contributed by atoms with E-state index in [1.165, 1.54) is 25.1 Å². The summed E-state index contributed by atoms with van der Waals surface area (Å²) in [5, 5.41) is 14.8. The van der Waals surface area contributed by atoms with Crippen LogP contribution in [0.1, 0.15) is 28.8 Å². The van der Waals surface area contributed by atoms with Crippen LogP contribution in [0, 0.1) is 10.1 Å². The van der Waals surface area contributed by atoms with Gasteiger partial charge in [-0.05, 0) is 55.3 Å². The van der Waals surface area contributed by atoms with E-state index in [2.05, 4.69) is 15.4 Å². The Balaban J connectivity index is 1.55. The second-order valence-corrected chi connectivity index (χ2v) is 6.14. The van der Waals surface area contributed by atoms with Gasteiger partial charge in [0.15, 0.2) is 0 Å². The highest BCUT2D eigenvalue weighted by molar-refractivity contribution is 5.95. The van der Waals surface area contributed by atoms with Crippen molar-refractivity contribution in [1.82, 2.24) is 5.43 Å². The third-order valence-electron chi connectivity index (χ3n) is 4.34. The van der Waals surface area contributed by atoms with E-state index in [4.69, 9.17) is 0 Å². The molecule has 1 aliphatic rings. The zero-order valence-electron chi connectivity index (χ0n) is 14.7. The fourth-order valence-electron chi connectivity index (χ4n) is 2.94. The molecule has 1 fully saturated rings. The molecule has 0 bridgehead atoms. The maximum Gasteiger partial charge on any atom is 0.276 e. The molecule has 3 rings (SSSR count). The van der Waals surface area contributed by atoms with Gasteiger partial charge in [0.1, 0.15) is 0 Å². The van der Waals surface area contributed by atoms with Crippen LogP contribution in [0.5, 0.6) is 0 Å². The molecule has 2 aromatic rings. The minimum atomic E-state index is -0.440. The number of hydrazone groups is 1. The molecule has 0 aromatic heterocycles.